The molecule has 0 saturated carbocycles. The standard InChI is InChI=1S/2C25H20N4.2C13H11N2.2Pt/c2*1-27-19-28(25-24(27)16-9-17-26-25)22-14-8-15-23(18-22)29(20-10-4-2-5-11-20)21-12-6-3-7-13-21;2*1-3-7-12(8-4-1)14-11-15-13-9-5-2-6-10-13;;/h2*2-13,15-19H,1H3;2*1-11H;;/q2*-2;2*-1;;. The molecule has 4 heterocycles. The molecular weight excluding hydrogens is 1470 g/mol. The molecule has 0 saturated heterocycles. The minimum atomic E-state index is 0. The van der Waals surface area contributed by atoms with Crippen molar-refractivity contribution in [3.05, 3.63) is 352 Å². The van der Waals surface area contributed by atoms with Crippen molar-refractivity contribution in [1.29, 1.82) is 0 Å². The van der Waals surface area contributed by atoms with E-state index < -0.39 is 0 Å². The molecule has 2 aliphatic heterocycles. The van der Waals surface area contributed by atoms with E-state index in [0.717, 1.165) is 91.3 Å². The first-order valence-electron chi connectivity index (χ1n) is 28.7. The summed E-state index contributed by atoms with van der Waals surface area (Å²) in [6.45, 7) is 4.09. The average molecular weight is 1530 g/mol. The number of fused-ring (bicyclic) bond motifs is 2. The Morgan fingerprint density at radius 1 is 0.367 bits per heavy atom. The van der Waals surface area contributed by atoms with E-state index in [1.807, 2.05) is 210 Å². The molecule has 12 nitrogen and oxygen atoms in total. The molecule has 452 valence electrons. The van der Waals surface area contributed by atoms with Crippen LogP contribution in [0.25, 0.3) is 10.6 Å². The van der Waals surface area contributed by atoms with E-state index in [1.54, 1.807) is 12.7 Å². The molecule has 0 bridgehead atoms. The Balaban J connectivity index is 0.000000148. The number of aromatic nitrogens is 2. The number of rotatable bonds is 14. The van der Waals surface area contributed by atoms with Crippen molar-refractivity contribution < 1.29 is 42.1 Å². The number of anilines is 12. The van der Waals surface area contributed by atoms with Gasteiger partial charge in [-0.2, -0.15) is 37.6 Å². The second-order valence-electron chi connectivity index (χ2n) is 19.9. The zero-order valence-electron chi connectivity index (χ0n) is 49.3. The van der Waals surface area contributed by atoms with Crippen molar-refractivity contribution in [1.82, 2.24) is 9.97 Å². The molecule has 2 aliphatic rings. The van der Waals surface area contributed by atoms with Gasteiger partial charge in [0.1, 0.15) is 11.6 Å². The smallest absolute Gasteiger partial charge is 0.124 e. The average Bonchev–Trinajstić information content (AvgIpc) is 1.89. The fourth-order valence-corrected chi connectivity index (χ4v) is 9.66. The fourth-order valence-electron chi connectivity index (χ4n) is 9.66. The molecule has 0 spiro atoms. The molecule has 90 heavy (non-hydrogen) atoms. The molecule has 14 heteroatoms. The molecule has 10 aromatic carbocycles. The predicted molar refractivity (Wildman–Crippen MR) is 366 cm³/mol. The first-order valence-corrected chi connectivity index (χ1v) is 28.7. The summed E-state index contributed by atoms with van der Waals surface area (Å²) in [5.74, 6) is 1.82. The van der Waals surface area contributed by atoms with Gasteiger partial charge in [-0.1, -0.05) is 218 Å². The molecule has 0 atom stereocenters. The minimum absolute atomic E-state index is 0. The van der Waals surface area contributed by atoms with Gasteiger partial charge in [0.05, 0.1) is 0 Å². The normalized spacial score (nSPS) is 11.7. The monoisotopic (exact) mass is 1530 g/mol. The summed E-state index contributed by atoms with van der Waals surface area (Å²) < 4.78 is 0. The van der Waals surface area contributed by atoms with E-state index in [-0.39, 0.29) is 42.1 Å². The van der Waals surface area contributed by atoms with Gasteiger partial charge in [-0.05, 0) is 110 Å². The number of para-hydroxylation sites is 8. The van der Waals surface area contributed by atoms with Gasteiger partial charge in [-0.15, -0.1) is 35.6 Å². The maximum atomic E-state index is 4.58. The van der Waals surface area contributed by atoms with Gasteiger partial charge in [0.15, 0.2) is 0 Å². The van der Waals surface area contributed by atoms with Crippen LogP contribution in [-0.2, 0) is 42.1 Å². The summed E-state index contributed by atoms with van der Waals surface area (Å²) in [6, 6.07) is 108. The maximum absolute atomic E-state index is 4.58. The summed E-state index contributed by atoms with van der Waals surface area (Å²) in [5.41, 5.74) is 14.3. The number of hydrogen-bond donors (Lipinski definition) is 0. The summed E-state index contributed by atoms with van der Waals surface area (Å²) in [7, 11) is 4.06. The maximum Gasteiger partial charge on any atom is 0.124 e. The number of pyridine rings is 2. The van der Waals surface area contributed by atoms with Crippen LogP contribution in [0, 0.1) is 25.5 Å². The summed E-state index contributed by atoms with van der Waals surface area (Å²) in [6.07, 6.45) is 6.79. The van der Waals surface area contributed by atoms with Crippen LogP contribution in [0.4, 0.5) is 91.3 Å². The Kier molecular flexibility index (Phi) is 23.6. The van der Waals surface area contributed by atoms with E-state index in [0.29, 0.717) is 0 Å². The topological polar surface area (TPSA) is 98.1 Å². The number of nitrogens with zero attached hydrogens (tertiary/aromatic N) is 12. The molecule has 0 amide bonds. The van der Waals surface area contributed by atoms with E-state index >= 15 is 0 Å². The van der Waals surface area contributed by atoms with Crippen LogP contribution in [0.3, 0.4) is 0 Å². The first-order chi connectivity index (χ1) is 43.5. The third kappa shape index (κ3) is 17.0. The van der Waals surface area contributed by atoms with Gasteiger partial charge >= 0.3 is 0 Å². The van der Waals surface area contributed by atoms with Crippen molar-refractivity contribution in [3.8, 4) is 0 Å². The van der Waals surface area contributed by atoms with Crippen molar-refractivity contribution in [2.45, 2.75) is 0 Å². The van der Waals surface area contributed by atoms with Crippen molar-refractivity contribution in [2.75, 3.05) is 43.5 Å². The van der Waals surface area contributed by atoms with E-state index in [1.165, 1.54) is 0 Å². The van der Waals surface area contributed by atoms with Crippen LogP contribution in [0.1, 0.15) is 0 Å². The molecule has 2 aromatic heterocycles. The van der Waals surface area contributed by atoms with Gasteiger partial charge in [-0.3, -0.25) is 0 Å². The van der Waals surface area contributed by atoms with E-state index in [4.69, 9.17) is 0 Å². The zero-order chi connectivity index (χ0) is 60.0. The van der Waals surface area contributed by atoms with Crippen LogP contribution in [0.2, 0.25) is 0 Å². The van der Waals surface area contributed by atoms with Crippen LogP contribution in [-0.4, -0.2) is 36.7 Å². The molecule has 12 aromatic rings. The number of hydrogen-bond acceptors (Lipinski definition) is 10. The molecule has 0 N–H and O–H groups in total. The SMILES string of the molecule is C(=Nc1ccccc1)[N-]c1ccccc1.C(=Nc1ccccc1)[N-]c1ccccc1.CN1[CH-]N(c2[c-]ccc(N(c3ccccc3)c3ccccc3)c2)c2ncccc21.CN1[CH-]N(c2[c-]ccc(N(c3ccccc3)c3ccccc3)c2)c2ncccc21.[Pt].[Pt]. The minimum Gasteiger partial charge on any atom is -0.502 e. The van der Waals surface area contributed by atoms with Gasteiger partial charge in [-0.25, -0.2) is 9.97 Å². The van der Waals surface area contributed by atoms with Crippen LogP contribution in [0.5, 0.6) is 0 Å². The quantitative estimate of drug-likeness (QED) is 0.0603. The van der Waals surface area contributed by atoms with Gasteiger partial charge in [0, 0.05) is 88.6 Å². The molecule has 0 unspecified atom stereocenters. The van der Waals surface area contributed by atoms with Gasteiger partial charge in [0.2, 0.25) is 0 Å². The van der Waals surface area contributed by atoms with Crippen LogP contribution < -0.4 is 29.4 Å². The van der Waals surface area contributed by atoms with Crippen molar-refractivity contribution in [2.24, 2.45) is 9.98 Å². The Morgan fingerprint density at radius 2 is 0.667 bits per heavy atom. The van der Waals surface area contributed by atoms with Crippen LogP contribution >= 0.6 is 0 Å². The molecule has 0 radical (unpaired) electrons. The van der Waals surface area contributed by atoms with Crippen molar-refractivity contribution in [3.63, 3.8) is 0 Å². The van der Waals surface area contributed by atoms with E-state index in [2.05, 4.69) is 206 Å². The fraction of sp³-hybridized carbons (Fsp3) is 0.0263. The Bertz CT molecular complexity index is 3760. The van der Waals surface area contributed by atoms with Gasteiger partial charge in [0.25, 0.3) is 0 Å². The Hall–Kier alpha value is -10.4. The largest absolute Gasteiger partial charge is 0.502 e. The third-order valence-corrected chi connectivity index (χ3v) is 13.8. The van der Waals surface area contributed by atoms with Crippen molar-refractivity contribution >= 4 is 104 Å². The third-order valence-electron chi connectivity index (χ3n) is 13.8. The molecule has 0 aliphatic carbocycles. The molecule has 14 rings (SSSR count). The number of aliphatic imine (C=N–C) groups is 2. The Morgan fingerprint density at radius 3 is 0.989 bits per heavy atom. The van der Waals surface area contributed by atoms with Crippen LogP contribution in [0.15, 0.2) is 326 Å². The van der Waals surface area contributed by atoms with Gasteiger partial charge < -0.3 is 50.0 Å². The Labute approximate surface area is 557 Å². The second kappa shape index (κ2) is 33.1. The second-order valence-corrected chi connectivity index (χ2v) is 19.9. The molecule has 0 fully saturated rings. The van der Waals surface area contributed by atoms with E-state index in [9.17, 15) is 0 Å². The number of benzene rings is 10. The zero-order valence-corrected chi connectivity index (χ0v) is 53.9. The predicted octanol–water partition coefficient (Wildman–Crippen LogP) is 20.2. The summed E-state index contributed by atoms with van der Waals surface area (Å²) in [5, 5.41) is 8.42. The summed E-state index contributed by atoms with van der Waals surface area (Å²) >= 11 is 0. The first kappa shape index (κ1) is 64.1. The molecular formula is C76H62N12Pt2-6. The summed E-state index contributed by atoms with van der Waals surface area (Å²) in [4.78, 5) is 30.4.